The van der Waals surface area contributed by atoms with Gasteiger partial charge in [0.25, 0.3) is 0 Å². The zero-order valence-corrected chi connectivity index (χ0v) is 12.4. The van der Waals surface area contributed by atoms with Crippen LogP contribution in [-0.4, -0.2) is 21.9 Å². The highest BCUT2D eigenvalue weighted by molar-refractivity contribution is 7.99. The minimum absolute atomic E-state index is 0.0211. The van der Waals surface area contributed by atoms with E-state index >= 15 is 0 Å². The molecule has 0 atom stereocenters. The van der Waals surface area contributed by atoms with Gasteiger partial charge in [0.15, 0.2) is 5.82 Å². The molecule has 0 unspecified atom stereocenters. The maximum absolute atomic E-state index is 11.7. The second-order valence-corrected chi connectivity index (χ2v) is 5.61. The number of benzene rings is 1. The van der Waals surface area contributed by atoms with Gasteiger partial charge in [-0.15, -0.1) is 11.8 Å². The number of hydrogen-bond acceptors (Lipinski definition) is 3. The first-order valence-electron chi connectivity index (χ1n) is 6.80. The van der Waals surface area contributed by atoms with Gasteiger partial charge in [-0.25, -0.2) is 0 Å². The number of carbonyl (C=O) groups excluding carboxylic acids is 1. The molecule has 1 aromatic carbocycles. The van der Waals surface area contributed by atoms with Crippen LogP contribution in [0.1, 0.15) is 25.5 Å². The van der Waals surface area contributed by atoms with Crippen LogP contribution in [0.4, 0.5) is 5.82 Å². The molecule has 106 valence electrons. The minimum Gasteiger partial charge on any atom is -0.309 e. The van der Waals surface area contributed by atoms with E-state index in [9.17, 15) is 4.79 Å². The molecule has 0 radical (unpaired) electrons. The molecule has 0 aliphatic rings. The van der Waals surface area contributed by atoms with Gasteiger partial charge in [-0.2, -0.15) is 5.10 Å². The summed E-state index contributed by atoms with van der Waals surface area (Å²) < 4.78 is 0. The van der Waals surface area contributed by atoms with E-state index in [-0.39, 0.29) is 5.91 Å². The number of rotatable bonds is 7. The molecule has 2 N–H and O–H groups in total. The van der Waals surface area contributed by atoms with Gasteiger partial charge in [0.2, 0.25) is 5.91 Å². The summed E-state index contributed by atoms with van der Waals surface area (Å²) in [5, 5.41) is 9.73. The zero-order valence-electron chi connectivity index (χ0n) is 11.6. The Bertz CT molecular complexity index is 539. The van der Waals surface area contributed by atoms with Crippen LogP contribution in [-0.2, 0) is 11.2 Å². The van der Waals surface area contributed by atoms with Gasteiger partial charge < -0.3 is 5.32 Å². The van der Waals surface area contributed by atoms with Gasteiger partial charge >= 0.3 is 0 Å². The number of nitrogens with zero attached hydrogens (tertiary/aromatic N) is 1. The Morgan fingerprint density at radius 1 is 1.35 bits per heavy atom. The molecule has 1 amide bonds. The van der Waals surface area contributed by atoms with Crippen LogP contribution in [0.15, 0.2) is 41.3 Å². The van der Waals surface area contributed by atoms with Crippen LogP contribution in [0.3, 0.4) is 0 Å². The third kappa shape index (κ3) is 4.74. The molecule has 0 saturated carbocycles. The van der Waals surface area contributed by atoms with E-state index in [0.29, 0.717) is 12.2 Å². The molecule has 4 nitrogen and oxygen atoms in total. The Morgan fingerprint density at radius 2 is 2.15 bits per heavy atom. The second-order valence-electron chi connectivity index (χ2n) is 4.45. The molecule has 1 heterocycles. The van der Waals surface area contributed by atoms with Crippen molar-refractivity contribution in [2.75, 3.05) is 11.1 Å². The third-order valence-electron chi connectivity index (χ3n) is 2.84. The van der Waals surface area contributed by atoms with Crippen molar-refractivity contribution in [2.24, 2.45) is 0 Å². The van der Waals surface area contributed by atoms with Crippen molar-refractivity contribution in [3.05, 3.63) is 42.1 Å². The van der Waals surface area contributed by atoms with Gasteiger partial charge in [-0.1, -0.05) is 25.1 Å². The van der Waals surface area contributed by atoms with E-state index in [1.54, 1.807) is 11.8 Å². The molecule has 1 aromatic heterocycles. The average Bonchev–Trinajstić information content (AvgIpc) is 2.92. The lowest BCUT2D eigenvalue weighted by molar-refractivity contribution is -0.116. The second kappa shape index (κ2) is 7.75. The summed E-state index contributed by atoms with van der Waals surface area (Å²) in [6, 6.07) is 12.1. The molecule has 0 bridgehead atoms. The van der Waals surface area contributed by atoms with E-state index in [4.69, 9.17) is 0 Å². The smallest absolute Gasteiger partial charge is 0.225 e. The normalized spacial score (nSPS) is 10.4. The Morgan fingerprint density at radius 3 is 2.85 bits per heavy atom. The van der Waals surface area contributed by atoms with Crippen molar-refractivity contribution < 1.29 is 4.79 Å². The molecule has 0 aliphatic heterocycles. The van der Waals surface area contributed by atoms with Gasteiger partial charge in [-0.3, -0.25) is 9.89 Å². The number of nitrogens with one attached hydrogen (secondary N) is 2. The van der Waals surface area contributed by atoms with Gasteiger partial charge in [-0.05, 0) is 30.7 Å². The lowest BCUT2D eigenvalue weighted by Crippen LogP contribution is -2.11. The molecule has 2 aromatic rings. The number of aryl methyl sites for hydroxylation is 1. The van der Waals surface area contributed by atoms with Gasteiger partial charge in [0, 0.05) is 23.1 Å². The van der Waals surface area contributed by atoms with Gasteiger partial charge in [0.1, 0.15) is 0 Å². The first-order chi connectivity index (χ1) is 9.78. The molecule has 20 heavy (non-hydrogen) atoms. The molecule has 0 spiro atoms. The van der Waals surface area contributed by atoms with Crippen LogP contribution in [0.2, 0.25) is 0 Å². The number of H-pyrrole nitrogens is 1. The number of carbonyl (C=O) groups is 1. The van der Waals surface area contributed by atoms with Crippen LogP contribution >= 0.6 is 11.8 Å². The Balaban J connectivity index is 1.65. The SMILES string of the molecule is CCc1cc(NC(=O)CCCSc2ccccc2)n[nH]1. The molecule has 0 fully saturated rings. The van der Waals surface area contributed by atoms with E-state index in [1.165, 1.54) is 4.90 Å². The van der Waals surface area contributed by atoms with E-state index in [1.807, 2.05) is 31.2 Å². The summed E-state index contributed by atoms with van der Waals surface area (Å²) in [7, 11) is 0. The van der Waals surface area contributed by atoms with Crippen molar-refractivity contribution >= 4 is 23.5 Å². The Hall–Kier alpha value is -1.75. The lowest BCUT2D eigenvalue weighted by Gasteiger charge is -2.02. The minimum atomic E-state index is 0.0211. The van der Waals surface area contributed by atoms with Crippen molar-refractivity contribution in [3.63, 3.8) is 0 Å². The molecule has 0 saturated heterocycles. The molecular weight excluding hydrogens is 270 g/mol. The monoisotopic (exact) mass is 289 g/mol. The first-order valence-corrected chi connectivity index (χ1v) is 7.78. The van der Waals surface area contributed by atoms with Crippen molar-refractivity contribution in [1.29, 1.82) is 0 Å². The number of aromatic nitrogens is 2. The van der Waals surface area contributed by atoms with Crippen molar-refractivity contribution in [3.8, 4) is 0 Å². The zero-order chi connectivity index (χ0) is 14.2. The summed E-state index contributed by atoms with van der Waals surface area (Å²) in [5.41, 5.74) is 1.03. The predicted molar refractivity (Wildman–Crippen MR) is 83.0 cm³/mol. The highest BCUT2D eigenvalue weighted by Gasteiger charge is 2.05. The predicted octanol–water partition coefficient (Wildman–Crippen LogP) is 3.48. The Kier molecular flexibility index (Phi) is 5.68. The van der Waals surface area contributed by atoms with Crippen LogP contribution < -0.4 is 5.32 Å². The number of anilines is 1. The van der Waals surface area contributed by atoms with E-state index in [2.05, 4.69) is 27.6 Å². The number of hydrogen-bond donors (Lipinski definition) is 2. The maximum atomic E-state index is 11.7. The highest BCUT2D eigenvalue weighted by atomic mass is 32.2. The summed E-state index contributed by atoms with van der Waals surface area (Å²) in [5.74, 6) is 1.58. The fourth-order valence-electron chi connectivity index (χ4n) is 1.75. The fraction of sp³-hybridized carbons (Fsp3) is 0.333. The van der Waals surface area contributed by atoms with Crippen LogP contribution in [0.5, 0.6) is 0 Å². The maximum Gasteiger partial charge on any atom is 0.225 e. The standard InChI is InChI=1S/C15H19N3OS/c1-2-12-11-14(18-17-12)16-15(19)9-6-10-20-13-7-4-3-5-8-13/h3-5,7-8,11H,2,6,9-10H2,1H3,(H2,16,17,18,19). The average molecular weight is 289 g/mol. The molecule has 2 rings (SSSR count). The summed E-state index contributed by atoms with van der Waals surface area (Å²) in [6.07, 6.45) is 2.27. The number of thioether (sulfide) groups is 1. The molecule has 5 heteroatoms. The Labute approximate surface area is 123 Å². The first kappa shape index (κ1) is 14.7. The number of amides is 1. The van der Waals surface area contributed by atoms with Crippen molar-refractivity contribution in [2.45, 2.75) is 31.1 Å². The van der Waals surface area contributed by atoms with E-state index in [0.717, 1.165) is 24.3 Å². The summed E-state index contributed by atoms with van der Waals surface area (Å²) in [4.78, 5) is 13.0. The van der Waals surface area contributed by atoms with E-state index < -0.39 is 0 Å². The van der Waals surface area contributed by atoms with Crippen molar-refractivity contribution in [1.82, 2.24) is 10.2 Å². The topological polar surface area (TPSA) is 57.8 Å². The largest absolute Gasteiger partial charge is 0.309 e. The van der Waals surface area contributed by atoms with Crippen LogP contribution in [0, 0.1) is 0 Å². The summed E-state index contributed by atoms with van der Waals surface area (Å²) >= 11 is 1.77. The molecular formula is C15H19N3OS. The quantitative estimate of drug-likeness (QED) is 0.606. The summed E-state index contributed by atoms with van der Waals surface area (Å²) in [6.45, 7) is 2.04. The fourth-order valence-corrected chi connectivity index (χ4v) is 2.63. The number of aromatic amines is 1. The van der Waals surface area contributed by atoms with Gasteiger partial charge in [0.05, 0.1) is 0 Å². The third-order valence-corrected chi connectivity index (χ3v) is 3.94. The highest BCUT2D eigenvalue weighted by Crippen LogP contribution is 2.18. The molecule has 0 aliphatic carbocycles. The van der Waals surface area contributed by atoms with Crippen LogP contribution in [0.25, 0.3) is 0 Å². The lowest BCUT2D eigenvalue weighted by atomic mass is 10.3.